The summed E-state index contributed by atoms with van der Waals surface area (Å²) in [7, 11) is 1.70. The van der Waals surface area contributed by atoms with Crippen molar-refractivity contribution in [2.75, 3.05) is 33.3 Å². The highest BCUT2D eigenvalue weighted by Crippen LogP contribution is 2.40. The minimum absolute atomic E-state index is 0.0482. The molecule has 2 aromatic rings. The van der Waals surface area contributed by atoms with Crippen LogP contribution in [0.3, 0.4) is 0 Å². The second-order valence-electron chi connectivity index (χ2n) is 8.66. The van der Waals surface area contributed by atoms with Crippen molar-refractivity contribution >= 4 is 5.91 Å². The molecular formula is C24H30N2O3. The van der Waals surface area contributed by atoms with Gasteiger partial charge in [-0.25, -0.2) is 0 Å². The van der Waals surface area contributed by atoms with Gasteiger partial charge in [0.2, 0.25) is 0 Å². The van der Waals surface area contributed by atoms with Crippen LogP contribution in [0.5, 0.6) is 11.5 Å². The predicted octanol–water partition coefficient (Wildman–Crippen LogP) is 3.84. The van der Waals surface area contributed by atoms with Crippen LogP contribution in [0.2, 0.25) is 0 Å². The van der Waals surface area contributed by atoms with Crippen molar-refractivity contribution in [3.8, 4) is 11.5 Å². The number of phenols is 1. The lowest BCUT2D eigenvalue weighted by Crippen LogP contribution is -2.45. The lowest BCUT2D eigenvalue weighted by atomic mass is 9.79. The number of hydrogen-bond donors (Lipinski definition) is 1. The molecule has 2 aliphatic heterocycles. The molecule has 4 rings (SSSR count). The Bertz CT molecular complexity index is 897. The lowest BCUT2D eigenvalue weighted by Gasteiger charge is -2.40. The Morgan fingerprint density at radius 2 is 2.00 bits per heavy atom. The van der Waals surface area contributed by atoms with Crippen molar-refractivity contribution < 1.29 is 14.6 Å². The highest BCUT2D eigenvalue weighted by molar-refractivity contribution is 5.97. The number of benzene rings is 2. The maximum atomic E-state index is 13.0. The van der Waals surface area contributed by atoms with E-state index < -0.39 is 0 Å². The first kappa shape index (κ1) is 19.8. The van der Waals surface area contributed by atoms with Gasteiger partial charge in [0.05, 0.1) is 12.7 Å². The average Bonchev–Trinajstić information content (AvgIpc) is 3.12. The zero-order valence-electron chi connectivity index (χ0n) is 17.4. The van der Waals surface area contributed by atoms with E-state index in [0.717, 1.165) is 63.3 Å². The Morgan fingerprint density at radius 1 is 1.14 bits per heavy atom. The summed E-state index contributed by atoms with van der Waals surface area (Å²) in [5, 5.41) is 10.2. The molecule has 29 heavy (non-hydrogen) atoms. The molecule has 154 valence electrons. The van der Waals surface area contributed by atoms with Crippen LogP contribution >= 0.6 is 0 Å². The summed E-state index contributed by atoms with van der Waals surface area (Å²) in [5.41, 5.74) is 2.83. The molecule has 0 saturated carbocycles. The largest absolute Gasteiger partial charge is 0.507 e. The number of carbonyl (C=O) groups excluding carboxylic acids is 1. The maximum absolute atomic E-state index is 13.0. The number of rotatable bonds is 4. The fourth-order valence-corrected chi connectivity index (χ4v) is 4.91. The molecule has 1 spiro atoms. The van der Waals surface area contributed by atoms with Crippen LogP contribution in [0, 0.1) is 12.3 Å². The number of likely N-dealkylation sites (tertiary alicyclic amines) is 2. The van der Waals surface area contributed by atoms with Crippen LogP contribution in [0.4, 0.5) is 0 Å². The second kappa shape index (κ2) is 8.07. The number of aromatic hydroxyl groups is 1. The highest BCUT2D eigenvalue weighted by Gasteiger charge is 2.43. The van der Waals surface area contributed by atoms with Gasteiger partial charge in [0.15, 0.2) is 0 Å². The van der Waals surface area contributed by atoms with Gasteiger partial charge in [-0.1, -0.05) is 23.8 Å². The molecule has 2 fully saturated rings. The number of piperidine rings is 1. The number of ether oxygens (including phenoxy) is 1. The van der Waals surface area contributed by atoms with Crippen molar-refractivity contribution in [3.05, 3.63) is 59.2 Å². The molecule has 0 radical (unpaired) electrons. The monoisotopic (exact) mass is 394 g/mol. The molecule has 0 unspecified atom stereocenters. The van der Waals surface area contributed by atoms with Crippen LogP contribution in [0.25, 0.3) is 0 Å². The van der Waals surface area contributed by atoms with Gasteiger partial charge < -0.3 is 14.7 Å². The first-order valence-corrected chi connectivity index (χ1v) is 10.4. The first-order valence-electron chi connectivity index (χ1n) is 10.4. The summed E-state index contributed by atoms with van der Waals surface area (Å²) < 4.78 is 5.35. The van der Waals surface area contributed by atoms with Crippen LogP contribution in [0.1, 0.15) is 40.7 Å². The van der Waals surface area contributed by atoms with Crippen molar-refractivity contribution in [1.29, 1.82) is 0 Å². The van der Waals surface area contributed by atoms with Crippen LogP contribution in [-0.2, 0) is 6.54 Å². The molecule has 0 aliphatic carbocycles. The number of aryl methyl sites for hydroxylation is 1. The zero-order chi connectivity index (χ0) is 20.4. The number of nitrogens with zero attached hydrogens (tertiary/aromatic N) is 2. The topological polar surface area (TPSA) is 53.0 Å². The van der Waals surface area contributed by atoms with Crippen LogP contribution in [-0.4, -0.2) is 54.1 Å². The molecule has 0 aromatic heterocycles. The van der Waals surface area contributed by atoms with E-state index >= 15 is 0 Å². The maximum Gasteiger partial charge on any atom is 0.257 e. The van der Waals surface area contributed by atoms with E-state index in [2.05, 4.69) is 17.0 Å². The van der Waals surface area contributed by atoms with Gasteiger partial charge in [-0.05, 0) is 62.6 Å². The highest BCUT2D eigenvalue weighted by atomic mass is 16.5. The second-order valence-corrected chi connectivity index (χ2v) is 8.66. The molecule has 1 N–H and O–H groups in total. The Hall–Kier alpha value is -2.53. The van der Waals surface area contributed by atoms with Crippen molar-refractivity contribution in [3.63, 3.8) is 0 Å². The smallest absolute Gasteiger partial charge is 0.257 e. The third-order valence-corrected chi connectivity index (χ3v) is 6.39. The standard InChI is InChI=1S/C24H30N2O3/c1-18-7-8-22(27)21(13-18)23(28)26-12-10-24(17-26)9-4-11-25(16-24)15-19-5-3-6-20(14-19)29-2/h3,5-8,13-14,27H,4,9-12,15-17H2,1-2H3/t24-/m1/s1. The Kier molecular flexibility index (Phi) is 5.50. The third-order valence-electron chi connectivity index (χ3n) is 6.39. The van der Waals surface area contributed by atoms with Gasteiger partial charge in [-0.2, -0.15) is 0 Å². The molecule has 5 nitrogen and oxygen atoms in total. The number of hydrogen-bond acceptors (Lipinski definition) is 4. The molecule has 2 heterocycles. The molecule has 1 amide bonds. The van der Waals surface area contributed by atoms with Gasteiger partial charge in [0, 0.05) is 31.6 Å². The van der Waals surface area contributed by atoms with Gasteiger partial charge >= 0.3 is 0 Å². The molecule has 2 saturated heterocycles. The summed E-state index contributed by atoms with van der Waals surface area (Å²) in [5.74, 6) is 0.919. The quantitative estimate of drug-likeness (QED) is 0.856. The van der Waals surface area contributed by atoms with Crippen molar-refractivity contribution in [1.82, 2.24) is 9.80 Å². The third kappa shape index (κ3) is 4.25. The van der Waals surface area contributed by atoms with Crippen molar-refractivity contribution in [2.24, 2.45) is 5.41 Å². The summed E-state index contributed by atoms with van der Waals surface area (Å²) in [6.45, 7) is 6.48. The Labute approximate surface area is 172 Å². The predicted molar refractivity (Wildman–Crippen MR) is 113 cm³/mol. The van der Waals surface area contributed by atoms with E-state index in [4.69, 9.17) is 4.74 Å². The van der Waals surface area contributed by atoms with Crippen molar-refractivity contribution in [2.45, 2.75) is 32.7 Å². The summed E-state index contributed by atoms with van der Waals surface area (Å²) in [6, 6.07) is 13.5. The van der Waals surface area contributed by atoms with E-state index in [1.54, 1.807) is 19.2 Å². The SMILES string of the molecule is COc1cccc(CN2CCC[C@@]3(CCN(C(=O)c4cc(C)ccc4O)C3)C2)c1. The molecule has 2 aromatic carbocycles. The minimum atomic E-state index is -0.0482. The Balaban J connectivity index is 1.43. The average molecular weight is 395 g/mol. The van der Waals surface area contributed by atoms with E-state index in [1.807, 2.05) is 30.0 Å². The molecule has 5 heteroatoms. The van der Waals surface area contributed by atoms with Gasteiger partial charge in [0.25, 0.3) is 5.91 Å². The summed E-state index contributed by atoms with van der Waals surface area (Å²) in [4.78, 5) is 17.5. The fourth-order valence-electron chi connectivity index (χ4n) is 4.91. The Morgan fingerprint density at radius 3 is 2.83 bits per heavy atom. The summed E-state index contributed by atoms with van der Waals surface area (Å²) in [6.07, 6.45) is 3.34. The number of phenolic OH excluding ortho intramolecular Hbond substituents is 1. The van der Waals surface area contributed by atoms with E-state index in [1.165, 1.54) is 5.56 Å². The first-order chi connectivity index (χ1) is 14.0. The van der Waals surface area contributed by atoms with Gasteiger partial charge in [-0.15, -0.1) is 0 Å². The molecular weight excluding hydrogens is 364 g/mol. The van der Waals surface area contributed by atoms with Gasteiger partial charge in [-0.3, -0.25) is 9.69 Å². The molecule has 2 aliphatic rings. The summed E-state index contributed by atoms with van der Waals surface area (Å²) >= 11 is 0. The zero-order valence-corrected chi connectivity index (χ0v) is 17.4. The lowest BCUT2D eigenvalue weighted by molar-refractivity contribution is 0.0673. The number of amides is 1. The fraction of sp³-hybridized carbons (Fsp3) is 0.458. The van der Waals surface area contributed by atoms with Crippen LogP contribution in [0.15, 0.2) is 42.5 Å². The molecule has 1 atom stereocenters. The normalized spacial score (nSPS) is 22.2. The van der Waals surface area contributed by atoms with Crippen LogP contribution < -0.4 is 4.74 Å². The van der Waals surface area contributed by atoms with E-state index in [9.17, 15) is 9.90 Å². The number of carbonyl (C=O) groups is 1. The minimum Gasteiger partial charge on any atom is -0.507 e. The van der Waals surface area contributed by atoms with E-state index in [-0.39, 0.29) is 17.1 Å². The molecule has 0 bridgehead atoms. The number of methoxy groups -OCH3 is 1. The van der Waals surface area contributed by atoms with E-state index in [0.29, 0.717) is 5.56 Å². The van der Waals surface area contributed by atoms with Gasteiger partial charge in [0.1, 0.15) is 11.5 Å².